The van der Waals surface area contributed by atoms with Crippen molar-refractivity contribution in [2.45, 2.75) is 13.5 Å². The van der Waals surface area contributed by atoms with Gasteiger partial charge in [-0.05, 0) is 36.8 Å². The van der Waals surface area contributed by atoms with E-state index in [0.29, 0.717) is 12.4 Å². The Hall–Kier alpha value is -3.00. The normalized spacial score (nSPS) is 10.4. The van der Waals surface area contributed by atoms with E-state index >= 15 is 0 Å². The molecule has 0 saturated heterocycles. The van der Waals surface area contributed by atoms with Crippen LogP contribution in [0.3, 0.4) is 0 Å². The maximum Gasteiger partial charge on any atom is 0.409 e. The van der Waals surface area contributed by atoms with Crippen LogP contribution in [0, 0.1) is 6.92 Å². The maximum absolute atomic E-state index is 11.5. The van der Waals surface area contributed by atoms with Crippen LogP contribution in [0.5, 0.6) is 0 Å². The molecule has 0 aromatic carbocycles. The van der Waals surface area contributed by atoms with Gasteiger partial charge in [-0.15, -0.1) is 11.3 Å². The van der Waals surface area contributed by atoms with Crippen LogP contribution in [0.4, 0.5) is 16.4 Å². The molecule has 8 heteroatoms. The first-order chi connectivity index (χ1) is 12.5. The zero-order chi connectivity index (χ0) is 18.5. The second-order valence-corrected chi connectivity index (χ2v) is 6.81. The number of methoxy groups -OCH3 is 1. The van der Waals surface area contributed by atoms with Gasteiger partial charge in [-0.25, -0.2) is 19.7 Å². The SMILES string of the molecule is COC(=O)N(C)Cc1ncc(-c2cccc(Nc3cc(C)ccn3)n2)s1. The van der Waals surface area contributed by atoms with Crippen molar-refractivity contribution in [2.75, 3.05) is 19.5 Å². The van der Waals surface area contributed by atoms with Crippen LogP contribution in [0.15, 0.2) is 42.7 Å². The van der Waals surface area contributed by atoms with Gasteiger partial charge in [0.1, 0.15) is 16.6 Å². The summed E-state index contributed by atoms with van der Waals surface area (Å²) in [5.41, 5.74) is 1.94. The highest BCUT2D eigenvalue weighted by atomic mass is 32.1. The van der Waals surface area contributed by atoms with Gasteiger partial charge in [-0.2, -0.15) is 0 Å². The predicted octanol–water partition coefficient (Wildman–Crippen LogP) is 3.85. The van der Waals surface area contributed by atoms with Crippen molar-refractivity contribution in [2.24, 2.45) is 0 Å². The van der Waals surface area contributed by atoms with E-state index in [1.165, 1.54) is 23.3 Å². The van der Waals surface area contributed by atoms with Crippen molar-refractivity contribution in [3.63, 3.8) is 0 Å². The molecule has 3 heterocycles. The summed E-state index contributed by atoms with van der Waals surface area (Å²) in [7, 11) is 3.03. The second-order valence-electron chi connectivity index (χ2n) is 5.70. The molecule has 134 valence electrons. The van der Waals surface area contributed by atoms with Crippen LogP contribution in [0.2, 0.25) is 0 Å². The molecule has 0 spiro atoms. The van der Waals surface area contributed by atoms with Crippen LogP contribution in [0.25, 0.3) is 10.6 Å². The fraction of sp³-hybridized carbons (Fsp3) is 0.222. The summed E-state index contributed by atoms with van der Waals surface area (Å²) >= 11 is 1.49. The Labute approximate surface area is 155 Å². The molecule has 0 saturated carbocycles. The third-order valence-corrected chi connectivity index (χ3v) is 4.59. The molecule has 0 aliphatic rings. The minimum absolute atomic E-state index is 0.391. The average Bonchev–Trinajstić information content (AvgIpc) is 3.10. The number of aromatic nitrogens is 3. The lowest BCUT2D eigenvalue weighted by molar-refractivity contribution is 0.131. The molecule has 0 radical (unpaired) electrons. The van der Waals surface area contributed by atoms with Gasteiger partial charge in [0.2, 0.25) is 0 Å². The third kappa shape index (κ3) is 4.34. The lowest BCUT2D eigenvalue weighted by Crippen LogP contribution is -2.25. The van der Waals surface area contributed by atoms with E-state index in [-0.39, 0.29) is 0 Å². The molecular weight excluding hydrogens is 350 g/mol. The number of aryl methyl sites for hydroxylation is 1. The first kappa shape index (κ1) is 17.8. The molecule has 3 rings (SSSR count). The summed E-state index contributed by atoms with van der Waals surface area (Å²) in [6.07, 6.45) is 3.13. The summed E-state index contributed by atoms with van der Waals surface area (Å²) in [6, 6.07) is 9.65. The van der Waals surface area contributed by atoms with Crippen molar-refractivity contribution in [1.82, 2.24) is 19.9 Å². The Kier molecular flexibility index (Phi) is 5.43. The van der Waals surface area contributed by atoms with Gasteiger partial charge in [-0.3, -0.25) is 0 Å². The van der Waals surface area contributed by atoms with E-state index in [4.69, 9.17) is 4.74 Å². The predicted molar refractivity (Wildman–Crippen MR) is 101 cm³/mol. The van der Waals surface area contributed by atoms with Crippen LogP contribution in [-0.4, -0.2) is 40.1 Å². The molecule has 1 N–H and O–H groups in total. The fourth-order valence-electron chi connectivity index (χ4n) is 2.30. The van der Waals surface area contributed by atoms with Crippen molar-refractivity contribution >= 4 is 29.1 Å². The van der Waals surface area contributed by atoms with E-state index in [1.807, 2.05) is 37.3 Å². The highest BCUT2D eigenvalue weighted by Gasteiger charge is 2.13. The van der Waals surface area contributed by atoms with Gasteiger partial charge in [0.15, 0.2) is 0 Å². The van der Waals surface area contributed by atoms with E-state index in [2.05, 4.69) is 20.3 Å². The molecule has 3 aromatic heterocycles. The summed E-state index contributed by atoms with van der Waals surface area (Å²) in [5, 5.41) is 4.02. The molecule has 0 fully saturated rings. The van der Waals surface area contributed by atoms with E-state index < -0.39 is 6.09 Å². The smallest absolute Gasteiger partial charge is 0.409 e. The number of ether oxygens (including phenoxy) is 1. The van der Waals surface area contributed by atoms with Gasteiger partial charge in [0.25, 0.3) is 0 Å². The van der Waals surface area contributed by atoms with Crippen molar-refractivity contribution in [3.05, 3.63) is 53.3 Å². The number of hydrogen-bond donors (Lipinski definition) is 1. The van der Waals surface area contributed by atoms with Gasteiger partial charge >= 0.3 is 6.09 Å². The molecule has 26 heavy (non-hydrogen) atoms. The maximum atomic E-state index is 11.5. The zero-order valence-corrected chi connectivity index (χ0v) is 15.6. The Morgan fingerprint density at radius 2 is 2.12 bits per heavy atom. The molecule has 1 amide bonds. The van der Waals surface area contributed by atoms with Crippen molar-refractivity contribution in [3.8, 4) is 10.6 Å². The molecule has 0 aliphatic heterocycles. The quantitative estimate of drug-likeness (QED) is 0.736. The topological polar surface area (TPSA) is 80.2 Å². The Morgan fingerprint density at radius 1 is 1.27 bits per heavy atom. The monoisotopic (exact) mass is 369 g/mol. The molecule has 0 atom stereocenters. The lowest BCUT2D eigenvalue weighted by atomic mass is 10.3. The first-order valence-corrected chi connectivity index (χ1v) is 8.77. The summed E-state index contributed by atoms with van der Waals surface area (Å²) < 4.78 is 4.69. The Balaban J connectivity index is 1.75. The lowest BCUT2D eigenvalue weighted by Gasteiger charge is -2.12. The van der Waals surface area contributed by atoms with Gasteiger partial charge in [0, 0.05) is 19.4 Å². The van der Waals surface area contributed by atoms with Crippen LogP contribution in [-0.2, 0) is 11.3 Å². The molecule has 7 nitrogen and oxygen atoms in total. The van der Waals surface area contributed by atoms with Crippen LogP contribution >= 0.6 is 11.3 Å². The molecule has 3 aromatic rings. The number of amides is 1. The zero-order valence-electron chi connectivity index (χ0n) is 14.8. The number of thiazole rings is 1. The Bertz CT molecular complexity index is 912. The van der Waals surface area contributed by atoms with E-state index in [0.717, 1.165) is 27.0 Å². The molecule has 0 aliphatic carbocycles. The fourth-order valence-corrected chi connectivity index (χ4v) is 3.24. The Morgan fingerprint density at radius 3 is 2.88 bits per heavy atom. The number of anilines is 2. The number of nitrogens with zero attached hydrogens (tertiary/aromatic N) is 4. The van der Waals surface area contributed by atoms with Crippen LogP contribution < -0.4 is 5.32 Å². The standard InChI is InChI=1S/C18H19N5O2S/c1-12-7-8-19-16(9-12)22-15-6-4-5-13(21-15)14-10-20-17(26-14)11-23(2)18(24)25-3/h4-10H,11H2,1-3H3,(H,19,21,22). The summed E-state index contributed by atoms with van der Waals surface area (Å²) in [4.78, 5) is 27.2. The van der Waals surface area contributed by atoms with E-state index in [1.54, 1.807) is 19.4 Å². The largest absolute Gasteiger partial charge is 0.453 e. The highest BCUT2D eigenvalue weighted by molar-refractivity contribution is 7.15. The van der Waals surface area contributed by atoms with E-state index in [9.17, 15) is 4.79 Å². The highest BCUT2D eigenvalue weighted by Crippen LogP contribution is 2.26. The van der Waals surface area contributed by atoms with Gasteiger partial charge < -0.3 is 15.0 Å². The minimum atomic E-state index is -0.392. The van der Waals surface area contributed by atoms with Gasteiger partial charge in [0.05, 0.1) is 24.2 Å². The summed E-state index contributed by atoms with van der Waals surface area (Å²) in [6.45, 7) is 2.41. The number of carbonyl (C=O) groups is 1. The number of rotatable bonds is 5. The molecule has 0 unspecified atom stereocenters. The van der Waals surface area contributed by atoms with Crippen molar-refractivity contribution < 1.29 is 9.53 Å². The van der Waals surface area contributed by atoms with Gasteiger partial charge in [-0.1, -0.05) is 6.07 Å². The molecular formula is C18H19N5O2S. The number of nitrogens with one attached hydrogen (secondary N) is 1. The minimum Gasteiger partial charge on any atom is -0.453 e. The number of pyridine rings is 2. The average molecular weight is 369 g/mol. The number of hydrogen-bond acceptors (Lipinski definition) is 7. The number of carbonyl (C=O) groups excluding carboxylic acids is 1. The van der Waals surface area contributed by atoms with Crippen LogP contribution in [0.1, 0.15) is 10.6 Å². The second kappa shape index (κ2) is 7.92. The third-order valence-electron chi connectivity index (χ3n) is 3.59. The summed E-state index contributed by atoms with van der Waals surface area (Å²) in [5.74, 6) is 1.46. The first-order valence-electron chi connectivity index (χ1n) is 7.96. The van der Waals surface area contributed by atoms with Crippen molar-refractivity contribution in [1.29, 1.82) is 0 Å². The molecule has 0 bridgehead atoms.